The SMILES string of the molecule is CCC(CC)COc1ccc(CCC(=O)O)cc1-c1ccc2[nH]ccc2c1. The van der Waals surface area contributed by atoms with Gasteiger partial charge in [-0.15, -0.1) is 0 Å². The number of rotatable bonds is 9. The highest BCUT2D eigenvalue weighted by molar-refractivity contribution is 5.86. The molecule has 0 spiro atoms. The molecule has 1 heterocycles. The summed E-state index contributed by atoms with van der Waals surface area (Å²) in [5.41, 5.74) is 4.21. The molecule has 2 N–H and O–H groups in total. The minimum Gasteiger partial charge on any atom is -0.493 e. The number of fused-ring (bicyclic) bond motifs is 1. The zero-order valence-corrected chi connectivity index (χ0v) is 16.0. The maximum absolute atomic E-state index is 10.9. The van der Waals surface area contributed by atoms with Crippen LogP contribution >= 0.6 is 0 Å². The van der Waals surface area contributed by atoms with Gasteiger partial charge in [0.05, 0.1) is 6.61 Å². The number of H-pyrrole nitrogens is 1. The highest BCUT2D eigenvalue weighted by Gasteiger charge is 2.12. The van der Waals surface area contributed by atoms with E-state index in [1.54, 1.807) is 0 Å². The van der Waals surface area contributed by atoms with Crippen LogP contribution in [-0.4, -0.2) is 22.7 Å². The standard InChI is InChI=1S/C23H27NO3/c1-3-16(4-2)15-27-22-9-5-17(6-10-23(25)26)13-20(22)18-7-8-21-19(14-18)11-12-24-21/h5,7-9,11-14,16,24H,3-4,6,10,15H2,1-2H3,(H,25,26). The molecule has 27 heavy (non-hydrogen) atoms. The minimum atomic E-state index is -0.778. The third-order valence-electron chi connectivity index (χ3n) is 5.17. The number of aryl methyl sites for hydroxylation is 1. The molecule has 0 aliphatic carbocycles. The molecule has 4 heteroatoms. The predicted octanol–water partition coefficient (Wildman–Crippen LogP) is 5.67. The first-order valence-electron chi connectivity index (χ1n) is 9.65. The summed E-state index contributed by atoms with van der Waals surface area (Å²) in [6.07, 6.45) is 4.77. The molecule has 0 aliphatic heterocycles. The third kappa shape index (κ3) is 4.70. The maximum atomic E-state index is 10.9. The number of aromatic nitrogens is 1. The van der Waals surface area contributed by atoms with Crippen LogP contribution in [0.15, 0.2) is 48.7 Å². The van der Waals surface area contributed by atoms with Crippen molar-refractivity contribution in [3.63, 3.8) is 0 Å². The monoisotopic (exact) mass is 365 g/mol. The molecule has 0 fully saturated rings. The number of ether oxygens (including phenoxy) is 1. The summed E-state index contributed by atoms with van der Waals surface area (Å²) in [6, 6.07) is 14.4. The summed E-state index contributed by atoms with van der Waals surface area (Å²) < 4.78 is 6.19. The lowest BCUT2D eigenvalue weighted by Gasteiger charge is -2.17. The molecule has 4 nitrogen and oxygen atoms in total. The number of carboxylic acid groups (broad SMARTS) is 1. The van der Waals surface area contributed by atoms with E-state index in [4.69, 9.17) is 9.84 Å². The van der Waals surface area contributed by atoms with Crippen molar-refractivity contribution in [3.8, 4) is 16.9 Å². The molecule has 0 amide bonds. The molecule has 0 atom stereocenters. The topological polar surface area (TPSA) is 62.3 Å². The van der Waals surface area contributed by atoms with E-state index in [1.807, 2.05) is 18.3 Å². The zero-order valence-electron chi connectivity index (χ0n) is 16.0. The van der Waals surface area contributed by atoms with E-state index in [1.165, 1.54) is 0 Å². The van der Waals surface area contributed by atoms with E-state index in [9.17, 15) is 4.79 Å². The summed E-state index contributed by atoms with van der Waals surface area (Å²) in [5, 5.41) is 10.1. The highest BCUT2D eigenvalue weighted by atomic mass is 16.5. The second kappa shape index (κ2) is 8.76. The van der Waals surface area contributed by atoms with Crippen LogP contribution in [0.1, 0.15) is 38.7 Å². The van der Waals surface area contributed by atoms with Crippen molar-refractivity contribution in [2.24, 2.45) is 5.92 Å². The molecule has 0 aliphatic rings. The van der Waals surface area contributed by atoms with Crippen LogP contribution in [0.3, 0.4) is 0 Å². The average molecular weight is 365 g/mol. The first-order chi connectivity index (χ1) is 13.1. The Morgan fingerprint density at radius 1 is 1.11 bits per heavy atom. The third-order valence-corrected chi connectivity index (χ3v) is 5.17. The molecular formula is C23H27NO3. The van der Waals surface area contributed by atoms with Gasteiger partial charge in [-0.25, -0.2) is 0 Å². The number of aromatic amines is 1. The summed E-state index contributed by atoms with van der Waals surface area (Å²) in [5.74, 6) is 0.618. The predicted molar refractivity (Wildman–Crippen MR) is 109 cm³/mol. The number of benzene rings is 2. The van der Waals surface area contributed by atoms with Crippen LogP contribution in [0.5, 0.6) is 5.75 Å². The van der Waals surface area contributed by atoms with Crippen molar-refractivity contribution >= 4 is 16.9 Å². The van der Waals surface area contributed by atoms with Crippen LogP contribution in [0.4, 0.5) is 0 Å². The molecule has 1 aromatic heterocycles. The average Bonchev–Trinajstić information content (AvgIpc) is 3.15. The number of carboxylic acids is 1. The van der Waals surface area contributed by atoms with Gasteiger partial charge in [0.15, 0.2) is 0 Å². The van der Waals surface area contributed by atoms with Crippen molar-refractivity contribution in [2.75, 3.05) is 6.61 Å². The number of hydrogen-bond acceptors (Lipinski definition) is 2. The Labute approximate surface area is 160 Å². The minimum absolute atomic E-state index is 0.129. The molecule has 0 saturated heterocycles. The Morgan fingerprint density at radius 2 is 1.93 bits per heavy atom. The van der Waals surface area contributed by atoms with Gasteiger partial charge >= 0.3 is 5.97 Å². The normalized spacial score (nSPS) is 11.2. The summed E-state index contributed by atoms with van der Waals surface area (Å²) in [7, 11) is 0. The molecule has 3 rings (SSSR count). The van der Waals surface area contributed by atoms with Gasteiger partial charge in [0, 0.05) is 23.7 Å². The van der Waals surface area contributed by atoms with Crippen molar-refractivity contribution < 1.29 is 14.6 Å². The number of hydrogen-bond donors (Lipinski definition) is 2. The molecule has 0 saturated carbocycles. The maximum Gasteiger partial charge on any atom is 0.303 e. The smallest absolute Gasteiger partial charge is 0.303 e. The number of carbonyl (C=O) groups is 1. The van der Waals surface area contributed by atoms with Crippen LogP contribution in [-0.2, 0) is 11.2 Å². The van der Waals surface area contributed by atoms with Crippen LogP contribution in [0, 0.1) is 5.92 Å². The lowest BCUT2D eigenvalue weighted by atomic mass is 9.98. The lowest BCUT2D eigenvalue weighted by Crippen LogP contribution is -2.10. The van der Waals surface area contributed by atoms with Gasteiger partial charge in [0.25, 0.3) is 0 Å². The largest absolute Gasteiger partial charge is 0.493 e. The first-order valence-corrected chi connectivity index (χ1v) is 9.65. The second-order valence-corrected chi connectivity index (χ2v) is 7.00. The Morgan fingerprint density at radius 3 is 2.67 bits per heavy atom. The van der Waals surface area contributed by atoms with Gasteiger partial charge < -0.3 is 14.8 Å². The van der Waals surface area contributed by atoms with Crippen molar-refractivity contribution in [1.29, 1.82) is 0 Å². The van der Waals surface area contributed by atoms with Gasteiger partial charge in [-0.3, -0.25) is 4.79 Å². The Bertz CT molecular complexity index is 909. The summed E-state index contributed by atoms with van der Waals surface area (Å²) in [4.78, 5) is 14.1. The lowest BCUT2D eigenvalue weighted by molar-refractivity contribution is -0.136. The fourth-order valence-corrected chi connectivity index (χ4v) is 3.29. The summed E-state index contributed by atoms with van der Waals surface area (Å²) >= 11 is 0. The molecule has 0 unspecified atom stereocenters. The van der Waals surface area contributed by atoms with Gasteiger partial charge in [-0.2, -0.15) is 0 Å². The Hall–Kier alpha value is -2.75. The fraction of sp³-hybridized carbons (Fsp3) is 0.348. The van der Waals surface area contributed by atoms with Gasteiger partial charge in [-0.1, -0.05) is 38.8 Å². The van der Waals surface area contributed by atoms with E-state index in [2.05, 4.69) is 49.2 Å². The Balaban J connectivity index is 1.94. The molecule has 0 bridgehead atoms. The quantitative estimate of drug-likeness (QED) is 0.514. The second-order valence-electron chi connectivity index (χ2n) is 7.00. The number of nitrogens with one attached hydrogen (secondary N) is 1. The first kappa shape index (κ1) is 19.0. The molecule has 0 radical (unpaired) electrons. The van der Waals surface area contributed by atoms with E-state index in [-0.39, 0.29) is 6.42 Å². The van der Waals surface area contributed by atoms with Crippen LogP contribution < -0.4 is 4.74 Å². The molecular weight excluding hydrogens is 338 g/mol. The highest BCUT2D eigenvalue weighted by Crippen LogP contribution is 2.34. The molecule has 142 valence electrons. The van der Waals surface area contributed by atoms with Crippen molar-refractivity contribution in [3.05, 3.63) is 54.2 Å². The number of aliphatic carboxylic acids is 1. The van der Waals surface area contributed by atoms with Gasteiger partial charge in [0.1, 0.15) is 5.75 Å². The van der Waals surface area contributed by atoms with E-state index in [0.717, 1.165) is 46.2 Å². The zero-order chi connectivity index (χ0) is 19.2. The van der Waals surface area contributed by atoms with E-state index in [0.29, 0.717) is 18.9 Å². The fourth-order valence-electron chi connectivity index (χ4n) is 3.29. The van der Waals surface area contributed by atoms with E-state index < -0.39 is 5.97 Å². The summed E-state index contributed by atoms with van der Waals surface area (Å²) in [6.45, 7) is 5.07. The van der Waals surface area contributed by atoms with Gasteiger partial charge in [0.2, 0.25) is 0 Å². The van der Waals surface area contributed by atoms with E-state index >= 15 is 0 Å². The van der Waals surface area contributed by atoms with Crippen molar-refractivity contribution in [2.45, 2.75) is 39.5 Å². The van der Waals surface area contributed by atoms with Crippen LogP contribution in [0.2, 0.25) is 0 Å². The van der Waals surface area contributed by atoms with Crippen LogP contribution in [0.25, 0.3) is 22.0 Å². The van der Waals surface area contributed by atoms with Gasteiger partial charge in [-0.05, 0) is 59.2 Å². The molecule has 3 aromatic rings. The Kier molecular flexibility index (Phi) is 6.17. The molecule has 2 aromatic carbocycles. The van der Waals surface area contributed by atoms with Crippen molar-refractivity contribution in [1.82, 2.24) is 4.98 Å².